The van der Waals surface area contributed by atoms with Crippen LogP contribution in [0.1, 0.15) is 21.0 Å². The highest BCUT2D eigenvalue weighted by molar-refractivity contribution is 6.36. The summed E-state index contributed by atoms with van der Waals surface area (Å²) in [5.74, 6) is -1.22. The van der Waals surface area contributed by atoms with Crippen molar-refractivity contribution < 1.29 is 23.6 Å². The smallest absolute Gasteiger partial charge is 0.332 e. The quantitative estimate of drug-likeness (QED) is 0.425. The van der Waals surface area contributed by atoms with Crippen LogP contribution in [0.4, 0.5) is 16.2 Å². The van der Waals surface area contributed by atoms with E-state index in [-0.39, 0.29) is 35.3 Å². The molecule has 34 heavy (non-hydrogen) atoms. The van der Waals surface area contributed by atoms with Crippen molar-refractivity contribution in [2.75, 3.05) is 23.3 Å². The Bertz CT molecular complexity index is 1280. The highest BCUT2D eigenvalue weighted by atomic mass is 35.5. The number of benzene rings is 1. The Morgan fingerprint density at radius 2 is 1.97 bits per heavy atom. The van der Waals surface area contributed by atoms with E-state index in [9.17, 15) is 19.2 Å². The number of pyridine rings is 1. The Kier molecular flexibility index (Phi) is 5.60. The minimum Gasteiger partial charge on any atom is -0.461 e. The number of nitrogens with zero attached hydrogens (tertiary/aromatic N) is 3. The minimum absolute atomic E-state index is 0.0854. The molecule has 5 rings (SSSR count). The van der Waals surface area contributed by atoms with Gasteiger partial charge in [0.2, 0.25) is 5.78 Å². The van der Waals surface area contributed by atoms with Gasteiger partial charge in [0.05, 0.1) is 17.0 Å². The lowest BCUT2D eigenvalue weighted by Gasteiger charge is -2.34. The second-order valence-electron chi connectivity index (χ2n) is 7.73. The molecule has 11 heteroatoms. The molecule has 2 aliphatic rings. The van der Waals surface area contributed by atoms with Crippen molar-refractivity contribution in [3.63, 3.8) is 0 Å². The van der Waals surface area contributed by atoms with E-state index in [4.69, 9.17) is 16.0 Å². The zero-order valence-corrected chi connectivity index (χ0v) is 18.4. The number of anilines is 2. The number of carbonyl (C=O) groups excluding carboxylic acids is 4. The lowest BCUT2D eigenvalue weighted by Crippen LogP contribution is -2.60. The van der Waals surface area contributed by atoms with Crippen molar-refractivity contribution >= 4 is 46.6 Å². The van der Waals surface area contributed by atoms with Crippen LogP contribution in [0, 0.1) is 0 Å². The van der Waals surface area contributed by atoms with Gasteiger partial charge < -0.3 is 15.1 Å². The Morgan fingerprint density at radius 3 is 2.68 bits per heavy atom. The molecule has 2 aromatic heterocycles. The molecule has 0 saturated carbocycles. The molecule has 2 N–H and O–H groups in total. The van der Waals surface area contributed by atoms with Gasteiger partial charge >= 0.3 is 6.03 Å². The van der Waals surface area contributed by atoms with Gasteiger partial charge in [-0.15, -0.1) is 0 Å². The number of carbonyl (C=O) groups is 4. The van der Waals surface area contributed by atoms with Gasteiger partial charge in [0.1, 0.15) is 17.8 Å². The van der Waals surface area contributed by atoms with E-state index < -0.39 is 35.7 Å². The normalized spacial score (nSPS) is 19.8. The Hall–Kier alpha value is -4.02. The molecule has 0 radical (unpaired) electrons. The standard InChI is InChI=1S/C23H18ClN5O5/c24-14-10-13(27-21(31)15-4-1-2-8-26-15)6-7-16(14)29-22(32)18-12-25-11-17(28(18)23(29)33)20(30)19-5-3-9-34-19/h1-10,17-18,25H,11-12H2,(H,27,31). The monoisotopic (exact) mass is 479 g/mol. The fourth-order valence-electron chi connectivity index (χ4n) is 4.08. The van der Waals surface area contributed by atoms with E-state index in [1.54, 1.807) is 24.3 Å². The number of nitrogens with one attached hydrogen (secondary N) is 2. The second-order valence-corrected chi connectivity index (χ2v) is 8.14. The number of aromatic nitrogens is 1. The van der Waals surface area contributed by atoms with E-state index in [1.165, 1.54) is 41.6 Å². The zero-order chi connectivity index (χ0) is 23.8. The van der Waals surface area contributed by atoms with Crippen LogP contribution in [0.2, 0.25) is 5.02 Å². The van der Waals surface area contributed by atoms with Crippen LogP contribution in [0.25, 0.3) is 0 Å². The summed E-state index contributed by atoms with van der Waals surface area (Å²) >= 11 is 6.42. The first-order chi connectivity index (χ1) is 16.5. The number of imide groups is 1. The minimum atomic E-state index is -0.901. The number of furan rings is 1. The van der Waals surface area contributed by atoms with Crippen molar-refractivity contribution in [1.29, 1.82) is 0 Å². The summed E-state index contributed by atoms with van der Waals surface area (Å²) < 4.78 is 5.19. The summed E-state index contributed by atoms with van der Waals surface area (Å²) in [7, 11) is 0. The van der Waals surface area contributed by atoms with E-state index >= 15 is 0 Å². The van der Waals surface area contributed by atoms with Crippen molar-refractivity contribution in [1.82, 2.24) is 15.2 Å². The fourth-order valence-corrected chi connectivity index (χ4v) is 4.35. The summed E-state index contributed by atoms with van der Waals surface area (Å²) in [6.45, 7) is 0.397. The van der Waals surface area contributed by atoms with E-state index in [1.807, 2.05) is 0 Å². The predicted octanol–water partition coefficient (Wildman–Crippen LogP) is 2.57. The van der Waals surface area contributed by atoms with E-state index in [0.717, 1.165) is 4.90 Å². The maximum Gasteiger partial charge on any atom is 0.332 e. The first-order valence-electron chi connectivity index (χ1n) is 10.4. The lowest BCUT2D eigenvalue weighted by molar-refractivity contribution is -0.120. The molecule has 1 aromatic carbocycles. The number of piperazine rings is 1. The third kappa shape index (κ3) is 3.72. The second kappa shape index (κ2) is 8.73. The van der Waals surface area contributed by atoms with Crippen LogP contribution in [0.5, 0.6) is 0 Å². The molecule has 172 valence electrons. The summed E-state index contributed by atoms with van der Waals surface area (Å²) in [6, 6.07) is 10.1. The number of Topliss-reactive ketones (excluding diaryl/α,β-unsaturated/α-hetero) is 1. The van der Waals surface area contributed by atoms with Crippen LogP contribution in [0.15, 0.2) is 65.4 Å². The molecule has 3 aromatic rings. The molecule has 4 amide bonds. The fraction of sp³-hybridized carbons (Fsp3) is 0.174. The van der Waals surface area contributed by atoms with Crippen molar-refractivity contribution in [3.8, 4) is 0 Å². The average Bonchev–Trinajstić information content (AvgIpc) is 3.47. The highest BCUT2D eigenvalue weighted by Crippen LogP contribution is 2.35. The van der Waals surface area contributed by atoms with Gasteiger partial charge in [-0.3, -0.25) is 24.3 Å². The first-order valence-corrected chi connectivity index (χ1v) is 10.8. The van der Waals surface area contributed by atoms with Gasteiger partial charge in [-0.1, -0.05) is 17.7 Å². The Morgan fingerprint density at radius 1 is 1.12 bits per heavy atom. The maximum atomic E-state index is 13.3. The molecule has 2 unspecified atom stereocenters. The first kappa shape index (κ1) is 21.8. The topological polar surface area (TPSA) is 125 Å². The number of fused-ring (bicyclic) bond motifs is 1. The number of amides is 4. The molecule has 0 bridgehead atoms. The highest BCUT2D eigenvalue weighted by Gasteiger charge is 2.52. The molecular formula is C23H18ClN5O5. The number of halogens is 1. The summed E-state index contributed by atoms with van der Waals surface area (Å²) in [4.78, 5) is 58.0. The van der Waals surface area contributed by atoms with Gasteiger partial charge in [-0.25, -0.2) is 9.69 Å². The number of urea groups is 1. The Labute approximate surface area is 198 Å². The molecule has 2 fully saturated rings. The molecule has 0 spiro atoms. The maximum absolute atomic E-state index is 13.3. The van der Waals surface area contributed by atoms with Crippen LogP contribution in [0.3, 0.4) is 0 Å². The molecule has 0 aliphatic carbocycles. The molecule has 10 nitrogen and oxygen atoms in total. The summed E-state index contributed by atoms with van der Waals surface area (Å²) in [6.07, 6.45) is 2.88. The van der Waals surface area contributed by atoms with Gasteiger partial charge in [0, 0.05) is 25.0 Å². The predicted molar refractivity (Wildman–Crippen MR) is 122 cm³/mol. The number of ketones is 1. The third-order valence-corrected chi connectivity index (χ3v) is 5.98. The number of hydrogen-bond donors (Lipinski definition) is 2. The van der Waals surface area contributed by atoms with Crippen molar-refractivity contribution in [2.24, 2.45) is 0 Å². The van der Waals surface area contributed by atoms with Crippen molar-refractivity contribution in [2.45, 2.75) is 12.1 Å². The SMILES string of the molecule is O=C(Nc1ccc(N2C(=O)C3CNCC(C(=O)c4ccco4)N3C2=O)c(Cl)c1)c1ccccn1. The van der Waals surface area contributed by atoms with Crippen LogP contribution < -0.4 is 15.5 Å². The van der Waals surface area contributed by atoms with Gasteiger partial charge in [0.15, 0.2) is 5.76 Å². The summed E-state index contributed by atoms with van der Waals surface area (Å²) in [5.41, 5.74) is 0.754. The summed E-state index contributed by atoms with van der Waals surface area (Å²) in [5, 5.41) is 5.81. The zero-order valence-electron chi connectivity index (χ0n) is 17.6. The van der Waals surface area contributed by atoms with E-state index in [0.29, 0.717) is 5.69 Å². The Balaban J connectivity index is 1.39. The third-order valence-electron chi connectivity index (χ3n) is 5.68. The molecule has 2 saturated heterocycles. The largest absolute Gasteiger partial charge is 0.461 e. The number of rotatable bonds is 5. The molecule has 4 heterocycles. The molecule has 2 atom stereocenters. The van der Waals surface area contributed by atoms with Gasteiger partial charge in [-0.2, -0.15) is 0 Å². The van der Waals surface area contributed by atoms with Gasteiger partial charge in [-0.05, 0) is 42.5 Å². The van der Waals surface area contributed by atoms with E-state index in [2.05, 4.69) is 15.6 Å². The number of hydrogen-bond acceptors (Lipinski definition) is 7. The van der Waals surface area contributed by atoms with Crippen LogP contribution in [-0.4, -0.2) is 58.7 Å². The van der Waals surface area contributed by atoms with Gasteiger partial charge in [0.25, 0.3) is 11.8 Å². The van der Waals surface area contributed by atoms with Crippen molar-refractivity contribution in [3.05, 3.63) is 77.5 Å². The van der Waals surface area contributed by atoms with Crippen LogP contribution >= 0.6 is 11.6 Å². The average molecular weight is 480 g/mol. The van der Waals surface area contributed by atoms with Crippen LogP contribution in [-0.2, 0) is 4.79 Å². The molecule has 2 aliphatic heterocycles. The lowest BCUT2D eigenvalue weighted by atomic mass is 10.0. The molecular weight excluding hydrogens is 462 g/mol.